The van der Waals surface area contributed by atoms with Gasteiger partial charge in [0.2, 0.25) is 0 Å². The molecule has 0 fully saturated rings. The molecule has 0 aliphatic heterocycles. The van der Waals surface area contributed by atoms with E-state index in [9.17, 15) is 5.11 Å². The molecule has 0 aliphatic carbocycles. The number of hydrogen-bond donors (Lipinski definition) is 3. The van der Waals surface area contributed by atoms with Crippen molar-refractivity contribution in [2.45, 2.75) is 25.9 Å². The van der Waals surface area contributed by atoms with Crippen LogP contribution in [0.5, 0.6) is 0 Å². The van der Waals surface area contributed by atoms with E-state index in [4.69, 9.17) is 5.11 Å². The lowest BCUT2D eigenvalue weighted by atomic mass is 10.0. The second-order valence-corrected chi connectivity index (χ2v) is 5.02. The Hall–Kier alpha value is -0.580. The van der Waals surface area contributed by atoms with E-state index in [-0.39, 0.29) is 6.61 Å². The third-order valence-corrected chi connectivity index (χ3v) is 2.87. The standard InChI is InChI=1S/C12H18BrNO2/c1-8(2)11-5-9(13)3-4-12(11)14-6-10(16)7-15/h3-5,8,10,14-16H,6-7H2,1-2H3. The third kappa shape index (κ3) is 3.77. The maximum absolute atomic E-state index is 9.28. The summed E-state index contributed by atoms with van der Waals surface area (Å²) in [6.07, 6.45) is -0.719. The molecular formula is C12H18BrNO2. The third-order valence-electron chi connectivity index (χ3n) is 2.37. The molecule has 0 radical (unpaired) electrons. The van der Waals surface area contributed by atoms with Crippen LogP contribution in [0.1, 0.15) is 25.3 Å². The predicted molar refractivity (Wildman–Crippen MR) is 69.8 cm³/mol. The van der Waals surface area contributed by atoms with Gasteiger partial charge in [0.15, 0.2) is 0 Å². The lowest BCUT2D eigenvalue weighted by Gasteiger charge is -2.16. The van der Waals surface area contributed by atoms with Crippen LogP contribution in [0.2, 0.25) is 0 Å². The van der Waals surface area contributed by atoms with Gasteiger partial charge in [-0.2, -0.15) is 0 Å². The van der Waals surface area contributed by atoms with Crippen LogP contribution in [-0.2, 0) is 0 Å². The maximum Gasteiger partial charge on any atom is 0.0942 e. The normalized spacial score (nSPS) is 12.9. The quantitative estimate of drug-likeness (QED) is 0.779. The topological polar surface area (TPSA) is 52.5 Å². The highest BCUT2D eigenvalue weighted by Crippen LogP contribution is 2.27. The number of hydrogen-bond acceptors (Lipinski definition) is 3. The van der Waals surface area contributed by atoms with Crippen molar-refractivity contribution in [1.29, 1.82) is 0 Å². The van der Waals surface area contributed by atoms with Gasteiger partial charge in [0.05, 0.1) is 12.7 Å². The Labute approximate surface area is 105 Å². The molecule has 0 heterocycles. The second kappa shape index (κ2) is 6.23. The van der Waals surface area contributed by atoms with E-state index in [1.807, 2.05) is 12.1 Å². The van der Waals surface area contributed by atoms with E-state index >= 15 is 0 Å². The van der Waals surface area contributed by atoms with Gasteiger partial charge in [-0.3, -0.25) is 0 Å². The highest BCUT2D eigenvalue weighted by molar-refractivity contribution is 9.10. The summed E-state index contributed by atoms with van der Waals surface area (Å²) in [4.78, 5) is 0. The molecule has 1 atom stereocenters. The van der Waals surface area contributed by atoms with Crippen LogP contribution in [0.25, 0.3) is 0 Å². The van der Waals surface area contributed by atoms with E-state index in [0.717, 1.165) is 10.2 Å². The molecule has 0 amide bonds. The van der Waals surface area contributed by atoms with Crippen molar-refractivity contribution in [3.63, 3.8) is 0 Å². The van der Waals surface area contributed by atoms with Crippen molar-refractivity contribution in [3.8, 4) is 0 Å². The predicted octanol–water partition coefficient (Wildman–Crippen LogP) is 2.34. The lowest BCUT2D eigenvalue weighted by Crippen LogP contribution is -2.23. The number of aliphatic hydroxyl groups is 2. The minimum Gasteiger partial charge on any atom is -0.394 e. The monoisotopic (exact) mass is 287 g/mol. The van der Waals surface area contributed by atoms with Gasteiger partial charge >= 0.3 is 0 Å². The van der Waals surface area contributed by atoms with Crippen molar-refractivity contribution >= 4 is 21.6 Å². The molecular weight excluding hydrogens is 270 g/mol. The zero-order valence-corrected chi connectivity index (χ0v) is 11.2. The summed E-state index contributed by atoms with van der Waals surface area (Å²) >= 11 is 3.44. The van der Waals surface area contributed by atoms with E-state index in [1.54, 1.807) is 0 Å². The molecule has 1 aromatic carbocycles. The van der Waals surface area contributed by atoms with Gasteiger partial charge in [-0.05, 0) is 29.7 Å². The average Bonchev–Trinajstić information content (AvgIpc) is 2.26. The Balaban J connectivity index is 2.78. The van der Waals surface area contributed by atoms with Crippen molar-refractivity contribution in [2.75, 3.05) is 18.5 Å². The summed E-state index contributed by atoms with van der Waals surface area (Å²) < 4.78 is 1.05. The van der Waals surface area contributed by atoms with E-state index in [0.29, 0.717) is 12.5 Å². The van der Waals surface area contributed by atoms with Gasteiger partial charge in [-0.25, -0.2) is 0 Å². The second-order valence-electron chi connectivity index (χ2n) is 4.10. The van der Waals surface area contributed by atoms with Crippen molar-refractivity contribution in [2.24, 2.45) is 0 Å². The molecule has 4 heteroatoms. The number of nitrogens with one attached hydrogen (secondary N) is 1. The van der Waals surface area contributed by atoms with Crippen LogP contribution in [0.4, 0.5) is 5.69 Å². The molecule has 16 heavy (non-hydrogen) atoms. The summed E-state index contributed by atoms with van der Waals surface area (Å²) in [6, 6.07) is 6.00. The summed E-state index contributed by atoms with van der Waals surface area (Å²) in [5.41, 5.74) is 2.20. The Morgan fingerprint density at radius 2 is 2.06 bits per heavy atom. The molecule has 0 bridgehead atoms. The summed E-state index contributed by atoms with van der Waals surface area (Å²) in [5.74, 6) is 0.409. The zero-order valence-electron chi connectivity index (χ0n) is 9.57. The molecule has 0 saturated carbocycles. The summed E-state index contributed by atoms with van der Waals surface area (Å²) in [6.45, 7) is 4.38. The van der Waals surface area contributed by atoms with Crippen LogP contribution in [0.3, 0.4) is 0 Å². The first kappa shape index (κ1) is 13.5. The van der Waals surface area contributed by atoms with Crippen molar-refractivity contribution < 1.29 is 10.2 Å². The van der Waals surface area contributed by atoms with Crippen LogP contribution in [0.15, 0.2) is 22.7 Å². The zero-order chi connectivity index (χ0) is 12.1. The van der Waals surface area contributed by atoms with E-state index in [1.165, 1.54) is 5.56 Å². The van der Waals surface area contributed by atoms with Crippen LogP contribution >= 0.6 is 15.9 Å². The molecule has 0 spiro atoms. The Kier molecular flexibility index (Phi) is 5.25. The molecule has 0 aliphatic rings. The Bertz CT molecular complexity index is 342. The van der Waals surface area contributed by atoms with Gasteiger partial charge < -0.3 is 15.5 Å². The average molecular weight is 288 g/mol. The SMILES string of the molecule is CC(C)c1cc(Br)ccc1NCC(O)CO. The van der Waals surface area contributed by atoms with Gasteiger partial charge in [-0.1, -0.05) is 29.8 Å². The number of benzene rings is 1. The summed E-state index contributed by atoms with van der Waals surface area (Å²) in [5, 5.41) is 21.2. The number of rotatable bonds is 5. The Morgan fingerprint density at radius 1 is 1.38 bits per heavy atom. The Morgan fingerprint density at radius 3 is 2.62 bits per heavy atom. The number of aliphatic hydroxyl groups excluding tert-OH is 2. The molecule has 1 unspecified atom stereocenters. The van der Waals surface area contributed by atoms with Crippen LogP contribution in [-0.4, -0.2) is 29.5 Å². The smallest absolute Gasteiger partial charge is 0.0942 e. The molecule has 3 nitrogen and oxygen atoms in total. The first-order chi connectivity index (χ1) is 7.54. The fraction of sp³-hybridized carbons (Fsp3) is 0.500. The first-order valence-corrected chi connectivity index (χ1v) is 6.16. The van der Waals surface area contributed by atoms with E-state index < -0.39 is 6.10 Å². The van der Waals surface area contributed by atoms with Crippen LogP contribution in [0, 0.1) is 0 Å². The largest absolute Gasteiger partial charge is 0.394 e. The summed E-state index contributed by atoms with van der Waals surface area (Å²) in [7, 11) is 0. The number of halogens is 1. The molecule has 1 rings (SSSR count). The van der Waals surface area contributed by atoms with Gasteiger partial charge in [-0.15, -0.1) is 0 Å². The molecule has 3 N–H and O–H groups in total. The van der Waals surface area contributed by atoms with Crippen LogP contribution < -0.4 is 5.32 Å². The first-order valence-electron chi connectivity index (χ1n) is 5.36. The highest BCUT2D eigenvalue weighted by atomic mass is 79.9. The number of anilines is 1. The minimum absolute atomic E-state index is 0.222. The van der Waals surface area contributed by atoms with Gasteiger partial charge in [0, 0.05) is 16.7 Å². The lowest BCUT2D eigenvalue weighted by molar-refractivity contribution is 0.105. The molecule has 1 aromatic rings. The van der Waals surface area contributed by atoms with E-state index in [2.05, 4.69) is 41.2 Å². The van der Waals surface area contributed by atoms with Crippen molar-refractivity contribution in [3.05, 3.63) is 28.2 Å². The highest BCUT2D eigenvalue weighted by Gasteiger charge is 2.08. The maximum atomic E-state index is 9.28. The minimum atomic E-state index is -0.719. The molecule has 0 saturated heterocycles. The fourth-order valence-electron chi connectivity index (χ4n) is 1.46. The molecule has 90 valence electrons. The van der Waals surface area contributed by atoms with Gasteiger partial charge in [0.25, 0.3) is 0 Å². The van der Waals surface area contributed by atoms with Gasteiger partial charge in [0.1, 0.15) is 0 Å². The molecule has 0 aromatic heterocycles. The van der Waals surface area contributed by atoms with Crippen molar-refractivity contribution in [1.82, 2.24) is 0 Å². The fourth-order valence-corrected chi connectivity index (χ4v) is 1.84.